The van der Waals surface area contributed by atoms with E-state index < -0.39 is 12.1 Å². The highest BCUT2D eigenvalue weighted by Crippen LogP contribution is 2.25. The first kappa shape index (κ1) is 16.1. The Labute approximate surface area is 130 Å². The Morgan fingerprint density at radius 2 is 2.23 bits per heavy atom. The quantitative estimate of drug-likeness (QED) is 0.648. The van der Waals surface area contributed by atoms with Gasteiger partial charge in [0.25, 0.3) is 0 Å². The average Bonchev–Trinajstić information content (AvgIpc) is 2.51. The molecule has 120 valence electrons. The van der Waals surface area contributed by atoms with E-state index in [0.717, 1.165) is 43.6 Å². The van der Waals surface area contributed by atoms with Gasteiger partial charge < -0.3 is 21.7 Å². The third-order valence-corrected chi connectivity index (χ3v) is 3.79. The zero-order valence-electron chi connectivity index (χ0n) is 12.9. The Morgan fingerprint density at radius 3 is 2.95 bits per heavy atom. The number of fused-ring (bicyclic) bond motifs is 1. The van der Waals surface area contributed by atoms with Crippen molar-refractivity contribution in [3.05, 3.63) is 23.8 Å². The fourth-order valence-corrected chi connectivity index (χ4v) is 2.63. The predicted molar refractivity (Wildman–Crippen MR) is 87.9 cm³/mol. The molecule has 6 nitrogen and oxygen atoms in total. The van der Waals surface area contributed by atoms with Crippen LogP contribution < -0.4 is 21.7 Å². The lowest BCUT2D eigenvalue weighted by Crippen LogP contribution is -2.46. The first-order chi connectivity index (χ1) is 10.6. The van der Waals surface area contributed by atoms with Gasteiger partial charge in [0.1, 0.15) is 6.04 Å². The van der Waals surface area contributed by atoms with Crippen molar-refractivity contribution in [1.82, 2.24) is 5.32 Å². The molecule has 1 atom stereocenters. The van der Waals surface area contributed by atoms with E-state index in [0.29, 0.717) is 6.42 Å². The fourth-order valence-electron chi connectivity index (χ4n) is 2.63. The van der Waals surface area contributed by atoms with Crippen LogP contribution in [-0.4, -0.2) is 24.5 Å². The Balaban J connectivity index is 2.03. The second-order valence-corrected chi connectivity index (χ2v) is 5.59. The predicted octanol–water partition coefficient (Wildman–Crippen LogP) is 2.21. The summed E-state index contributed by atoms with van der Waals surface area (Å²) in [6.07, 6.45) is 4.48. The van der Waals surface area contributed by atoms with E-state index in [1.807, 2.05) is 25.1 Å². The Kier molecular flexibility index (Phi) is 5.63. The van der Waals surface area contributed by atoms with Crippen molar-refractivity contribution in [2.75, 3.05) is 17.2 Å². The number of unbranched alkanes of at least 4 members (excludes halogenated alkanes) is 1. The number of hydrogen-bond acceptors (Lipinski definition) is 3. The van der Waals surface area contributed by atoms with Crippen LogP contribution in [0.25, 0.3) is 0 Å². The van der Waals surface area contributed by atoms with Crippen LogP contribution in [0.1, 0.15) is 38.2 Å². The zero-order valence-corrected chi connectivity index (χ0v) is 12.9. The minimum Gasteiger partial charge on any atom is -0.385 e. The van der Waals surface area contributed by atoms with Gasteiger partial charge >= 0.3 is 6.03 Å². The summed E-state index contributed by atoms with van der Waals surface area (Å²) in [4.78, 5) is 23.4. The van der Waals surface area contributed by atoms with Gasteiger partial charge in [-0.2, -0.15) is 0 Å². The van der Waals surface area contributed by atoms with Gasteiger partial charge in [-0.15, -0.1) is 0 Å². The maximum atomic E-state index is 12.3. The fraction of sp³-hybridized carbons (Fsp3) is 0.500. The van der Waals surface area contributed by atoms with E-state index in [4.69, 9.17) is 5.73 Å². The summed E-state index contributed by atoms with van der Waals surface area (Å²) in [7, 11) is 0. The molecule has 5 N–H and O–H groups in total. The maximum Gasteiger partial charge on any atom is 0.312 e. The molecule has 3 amide bonds. The summed E-state index contributed by atoms with van der Waals surface area (Å²) >= 11 is 0. The van der Waals surface area contributed by atoms with E-state index in [9.17, 15) is 9.59 Å². The number of nitrogens with two attached hydrogens (primary N) is 1. The summed E-state index contributed by atoms with van der Waals surface area (Å²) in [5.74, 6) is -0.226. The highest BCUT2D eigenvalue weighted by Gasteiger charge is 2.19. The molecule has 1 aromatic carbocycles. The summed E-state index contributed by atoms with van der Waals surface area (Å²) in [5, 5.41) is 8.71. The molecule has 1 aromatic rings. The van der Waals surface area contributed by atoms with Gasteiger partial charge in [-0.05, 0) is 43.0 Å². The molecule has 1 aliphatic heterocycles. The smallest absolute Gasteiger partial charge is 0.312 e. The number of nitrogens with one attached hydrogen (secondary N) is 3. The van der Waals surface area contributed by atoms with E-state index in [1.165, 1.54) is 5.56 Å². The topological polar surface area (TPSA) is 96.2 Å². The number of hydrogen-bond donors (Lipinski definition) is 4. The standard InChI is InChI=1S/C16H24N4O2/c1-2-3-6-14(20-16(17)22)15(21)19-12-7-8-13-11(10-12)5-4-9-18-13/h7-8,10,14,18H,2-6,9H2,1H3,(H,19,21)(H3,17,20,22). The number of benzene rings is 1. The summed E-state index contributed by atoms with van der Waals surface area (Å²) in [6.45, 7) is 3.02. The van der Waals surface area contributed by atoms with Gasteiger partial charge in [-0.25, -0.2) is 4.79 Å². The molecule has 0 saturated carbocycles. The number of anilines is 2. The first-order valence-corrected chi connectivity index (χ1v) is 7.83. The third-order valence-electron chi connectivity index (χ3n) is 3.79. The van der Waals surface area contributed by atoms with Crippen LogP contribution in [-0.2, 0) is 11.2 Å². The first-order valence-electron chi connectivity index (χ1n) is 7.83. The molecule has 0 bridgehead atoms. The molecule has 22 heavy (non-hydrogen) atoms. The second kappa shape index (κ2) is 7.68. The van der Waals surface area contributed by atoms with Crippen LogP contribution in [0.5, 0.6) is 0 Å². The van der Waals surface area contributed by atoms with E-state index in [2.05, 4.69) is 16.0 Å². The van der Waals surface area contributed by atoms with Crippen LogP contribution in [0.3, 0.4) is 0 Å². The SMILES string of the molecule is CCCCC(NC(N)=O)C(=O)Nc1ccc2c(c1)CCCN2. The number of amides is 3. The van der Waals surface area contributed by atoms with Crippen LogP contribution in [0.15, 0.2) is 18.2 Å². The summed E-state index contributed by atoms with van der Waals surface area (Å²) in [5.41, 5.74) is 8.23. The maximum absolute atomic E-state index is 12.3. The molecule has 0 aromatic heterocycles. The Bertz CT molecular complexity index is 545. The number of primary amides is 1. The highest BCUT2D eigenvalue weighted by molar-refractivity contribution is 5.97. The second-order valence-electron chi connectivity index (χ2n) is 5.59. The van der Waals surface area contributed by atoms with E-state index >= 15 is 0 Å². The Hall–Kier alpha value is -2.24. The van der Waals surface area contributed by atoms with Crippen LogP contribution in [0.2, 0.25) is 0 Å². The normalized spacial score (nSPS) is 14.4. The van der Waals surface area contributed by atoms with Crippen LogP contribution in [0, 0.1) is 0 Å². The molecule has 1 unspecified atom stereocenters. The third kappa shape index (κ3) is 4.38. The van der Waals surface area contributed by atoms with Crippen LogP contribution in [0.4, 0.5) is 16.2 Å². The van der Waals surface area contributed by atoms with Crippen molar-refractivity contribution in [2.45, 2.75) is 45.1 Å². The van der Waals surface area contributed by atoms with Crippen molar-refractivity contribution >= 4 is 23.3 Å². The summed E-state index contributed by atoms with van der Waals surface area (Å²) in [6, 6.07) is 4.57. The molecule has 0 fully saturated rings. The van der Waals surface area contributed by atoms with Crippen molar-refractivity contribution in [3.8, 4) is 0 Å². The van der Waals surface area contributed by atoms with Crippen molar-refractivity contribution in [3.63, 3.8) is 0 Å². The molecule has 2 rings (SSSR count). The van der Waals surface area contributed by atoms with Crippen LogP contribution >= 0.6 is 0 Å². The molecule has 1 aliphatic rings. The number of rotatable bonds is 6. The van der Waals surface area contributed by atoms with Crippen molar-refractivity contribution in [2.24, 2.45) is 5.73 Å². The Morgan fingerprint density at radius 1 is 1.41 bits per heavy atom. The van der Waals surface area contributed by atoms with E-state index in [-0.39, 0.29) is 5.91 Å². The molecule has 0 aliphatic carbocycles. The number of urea groups is 1. The zero-order chi connectivity index (χ0) is 15.9. The minimum absolute atomic E-state index is 0.226. The van der Waals surface area contributed by atoms with Gasteiger partial charge in [-0.1, -0.05) is 19.8 Å². The lowest BCUT2D eigenvalue weighted by atomic mass is 10.0. The van der Waals surface area contributed by atoms with Gasteiger partial charge in [0, 0.05) is 17.9 Å². The molecule has 0 radical (unpaired) electrons. The number of aryl methyl sites for hydroxylation is 1. The monoisotopic (exact) mass is 304 g/mol. The molecule has 1 heterocycles. The molecular formula is C16H24N4O2. The van der Waals surface area contributed by atoms with Gasteiger partial charge in [0.15, 0.2) is 0 Å². The highest BCUT2D eigenvalue weighted by atomic mass is 16.2. The van der Waals surface area contributed by atoms with E-state index in [1.54, 1.807) is 0 Å². The van der Waals surface area contributed by atoms with Crippen molar-refractivity contribution < 1.29 is 9.59 Å². The number of carbonyl (C=O) groups excluding carboxylic acids is 2. The lowest BCUT2D eigenvalue weighted by Gasteiger charge is -2.20. The molecular weight excluding hydrogens is 280 g/mol. The summed E-state index contributed by atoms with van der Waals surface area (Å²) < 4.78 is 0. The number of carbonyl (C=O) groups is 2. The molecule has 0 saturated heterocycles. The lowest BCUT2D eigenvalue weighted by molar-refractivity contribution is -0.118. The molecule has 0 spiro atoms. The van der Waals surface area contributed by atoms with Crippen molar-refractivity contribution in [1.29, 1.82) is 0 Å². The average molecular weight is 304 g/mol. The molecule has 6 heteroatoms. The minimum atomic E-state index is -0.675. The van der Waals surface area contributed by atoms with Gasteiger partial charge in [-0.3, -0.25) is 4.79 Å². The van der Waals surface area contributed by atoms with Gasteiger partial charge in [0.05, 0.1) is 0 Å². The van der Waals surface area contributed by atoms with Gasteiger partial charge in [0.2, 0.25) is 5.91 Å². The largest absolute Gasteiger partial charge is 0.385 e.